The summed E-state index contributed by atoms with van der Waals surface area (Å²) in [5, 5.41) is 30.2. The van der Waals surface area contributed by atoms with Crippen LogP contribution in [0.2, 0.25) is 0 Å². The van der Waals surface area contributed by atoms with Crippen molar-refractivity contribution in [1.82, 2.24) is 4.98 Å². The topological polar surface area (TPSA) is 89.2 Å². The lowest BCUT2D eigenvalue weighted by atomic mass is 9.90. The summed E-state index contributed by atoms with van der Waals surface area (Å²) in [6.07, 6.45) is -3.35. The van der Waals surface area contributed by atoms with Crippen LogP contribution in [0.5, 0.6) is 0 Å². The first kappa shape index (κ1) is 20.9. The Bertz CT molecular complexity index is 1020. The van der Waals surface area contributed by atoms with Crippen LogP contribution in [-0.4, -0.2) is 27.6 Å². The molecule has 29 heavy (non-hydrogen) atoms. The number of nitrogens with zero attached hydrogens (tertiary/aromatic N) is 1. The number of aliphatic hydroxyl groups excluding tert-OH is 1. The maximum Gasteiger partial charge on any atom is 0.426 e. The zero-order chi connectivity index (χ0) is 21.2. The first-order valence-electron chi connectivity index (χ1n) is 8.21. The lowest BCUT2D eigenvalue weighted by Gasteiger charge is -2.30. The highest BCUT2D eigenvalue weighted by Gasteiger charge is 2.57. The molecule has 0 fully saturated rings. The van der Waals surface area contributed by atoms with Crippen molar-refractivity contribution in [2.75, 3.05) is 5.32 Å². The van der Waals surface area contributed by atoms with E-state index in [1.54, 1.807) is 0 Å². The largest absolute Gasteiger partial charge is 0.426 e. The van der Waals surface area contributed by atoms with E-state index in [-0.39, 0.29) is 10.6 Å². The van der Waals surface area contributed by atoms with Gasteiger partial charge in [0.1, 0.15) is 10.8 Å². The van der Waals surface area contributed by atoms with Gasteiger partial charge in [0.05, 0.1) is 11.5 Å². The smallest absolute Gasteiger partial charge is 0.389 e. The Morgan fingerprint density at radius 3 is 2.38 bits per heavy atom. The van der Waals surface area contributed by atoms with Gasteiger partial charge in [-0.2, -0.15) is 13.2 Å². The van der Waals surface area contributed by atoms with E-state index in [4.69, 9.17) is 10.5 Å². The maximum absolute atomic E-state index is 13.9. The van der Waals surface area contributed by atoms with Gasteiger partial charge in [0.25, 0.3) is 0 Å². The SMILES string of the molecule is N=Cc1cc(C(O)(c2cnc(CO)s2)C(F)(F)F)ccc1Nc1ccc(F)cc1. The van der Waals surface area contributed by atoms with Crippen molar-refractivity contribution < 1.29 is 27.8 Å². The fourth-order valence-electron chi connectivity index (χ4n) is 2.71. The van der Waals surface area contributed by atoms with Crippen molar-refractivity contribution >= 4 is 28.9 Å². The molecule has 3 aromatic rings. The number of anilines is 2. The van der Waals surface area contributed by atoms with Crippen molar-refractivity contribution in [2.24, 2.45) is 0 Å². The molecular formula is C19H15F4N3O2S. The normalized spacial score (nSPS) is 13.7. The fourth-order valence-corrected chi connectivity index (χ4v) is 3.62. The van der Waals surface area contributed by atoms with E-state index in [0.29, 0.717) is 22.7 Å². The average molecular weight is 425 g/mol. The third-order valence-electron chi connectivity index (χ3n) is 4.20. The molecule has 1 atom stereocenters. The number of hydrogen-bond acceptors (Lipinski definition) is 6. The molecule has 0 saturated heterocycles. The Morgan fingerprint density at radius 1 is 1.14 bits per heavy atom. The van der Waals surface area contributed by atoms with Crippen LogP contribution in [0.15, 0.2) is 48.7 Å². The minimum atomic E-state index is -5.07. The number of rotatable bonds is 6. The molecule has 5 nitrogen and oxygen atoms in total. The second kappa shape index (κ2) is 7.90. The van der Waals surface area contributed by atoms with Crippen molar-refractivity contribution in [3.8, 4) is 0 Å². The number of hydrogen-bond donors (Lipinski definition) is 4. The average Bonchev–Trinajstić information content (AvgIpc) is 3.18. The molecule has 1 aromatic heterocycles. The Labute approximate surface area is 166 Å². The van der Waals surface area contributed by atoms with Crippen molar-refractivity contribution in [3.63, 3.8) is 0 Å². The number of halogens is 4. The zero-order valence-corrected chi connectivity index (χ0v) is 15.5. The van der Waals surface area contributed by atoms with Crippen LogP contribution in [0.3, 0.4) is 0 Å². The van der Waals surface area contributed by atoms with Gasteiger partial charge < -0.3 is 20.9 Å². The predicted molar refractivity (Wildman–Crippen MR) is 101 cm³/mol. The standard InChI is InChI=1S/C19H15F4N3O2S/c20-13-2-4-14(5-3-13)26-15-6-1-12(7-11(15)8-24)18(28,19(21,22)23)16-9-25-17(10-27)29-16/h1-9,24,26-28H,10H2. The highest BCUT2D eigenvalue weighted by Crippen LogP contribution is 2.46. The summed E-state index contributed by atoms with van der Waals surface area (Å²) < 4.78 is 54.6. The molecule has 0 spiro atoms. The predicted octanol–water partition coefficient (Wildman–Crippen LogP) is 4.31. The molecular weight excluding hydrogens is 410 g/mol. The summed E-state index contributed by atoms with van der Waals surface area (Å²) in [4.78, 5) is 3.19. The lowest BCUT2D eigenvalue weighted by molar-refractivity contribution is -0.247. The van der Waals surface area contributed by atoms with Crippen LogP contribution in [0.4, 0.5) is 28.9 Å². The summed E-state index contributed by atoms with van der Waals surface area (Å²) >= 11 is 0.544. The first-order valence-corrected chi connectivity index (χ1v) is 9.03. The molecule has 0 aliphatic rings. The molecule has 0 bridgehead atoms. The molecule has 1 unspecified atom stereocenters. The van der Waals surface area contributed by atoms with E-state index >= 15 is 0 Å². The van der Waals surface area contributed by atoms with Crippen molar-refractivity contribution in [1.29, 1.82) is 5.41 Å². The molecule has 0 aliphatic carbocycles. The summed E-state index contributed by atoms with van der Waals surface area (Å²) in [6.45, 7) is -0.551. The maximum atomic E-state index is 13.9. The number of aromatic nitrogens is 1. The summed E-state index contributed by atoms with van der Waals surface area (Å²) in [5.74, 6) is -0.444. The molecule has 0 saturated carbocycles. The minimum absolute atomic E-state index is 0.0320. The Balaban J connectivity index is 2.05. The van der Waals surface area contributed by atoms with Crippen LogP contribution >= 0.6 is 11.3 Å². The Hall–Kier alpha value is -2.82. The molecule has 2 aromatic carbocycles. The van der Waals surface area contributed by atoms with Gasteiger partial charge in [-0.25, -0.2) is 9.37 Å². The van der Waals surface area contributed by atoms with Crippen LogP contribution in [0.1, 0.15) is 21.0 Å². The fraction of sp³-hybridized carbons (Fsp3) is 0.158. The number of nitrogens with one attached hydrogen (secondary N) is 2. The van der Waals surface area contributed by atoms with E-state index < -0.39 is 34.6 Å². The van der Waals surface area contributed by atoms with E-state index in [1.165, 1.54) is 30.3 Å². The lowest BCUT2D eigenvalue weighted by Crippen LogP contribution is -2.42. The van der Waals surface area contributed by atoms with Gasteiger partial charge in [-0.05, 0) is 42.0 Å². The van der Waals surface area contributed by atoms with Gasteiger partial charge in [0.15, 0.2) is 0 Å². The quantitative estimate of drug-likeness (QED) is 0.350. The second-order valence-electron chi connectivity index (χ2n) is 6.06. The van der Waals surface area contributed by atoms with Gasteiger partial charge in [-0.15, -0.1) is 11.3 Å². The Morgan fingerprint density at radius 2 is 1.83 bits per heavy atom. The third-order valence-corrected chi connectivity index (χ3v) is 5.29. The molecule has 0 radical (unpaired) electrons. The van der Waals surface area contributed by atoms with Gasteiger partial charge in [0, 0.05) is 29.3 Å². The second-order valence-corrected chi connectivity index (χ2v) is 7.18. The molecule has 1 heterocycles. The number of aliphatic hydroxyl groups is 2. The third kappa shape index (κ3) is 4.00. The van der Waals surface area contributed by atoms with Gasteiger partial charge >= 0.3 is 6.18 Å². The summed E-state index contributed by atoms with van der Waals surface area (Å²) in [5.41, 5.74) is -2.99. The number of alkyl halides is 3. The minimum Gasteiger partial charge on any atom is -0.389 e. The number of benzene rings is 2. The van der Waals surface area contributed by atoms with E-state index in [0.717, 1.165) is 24.5 Å². The van der Waals surface area contributed by atoms with Gasteiger partial charge in [-0.3, -0.25) is 0 Å². The first-order chi connectivity index (χ1) is 13.7. The van der Waals surface area contributed by atoms with E-state index in [9.17, 15) is 22.7 Å². The summed E-state index contributed by atoms with van der Waals surface area (Å²) in [7, 11) is 0. The van der Waals surface area contributed by atoms with Crippen LogP contribution < -0.4 is 5.32 Å². The molecule has 10 heteroatoms. The molecule has 0 amide bonds. The van der Waals surface area contributed by atoms with Crippen molar-refractivity contribution in [2.45, 2.75) is 18.4 Å². The molecule has 4 N–H and O–H groups in total. The summed E-state index contributed by atoms with van der Waals surface area (Å²) in [6, 6.07) is 8.74. The highest BCUT2D eigenvalue weighted by molar-refractivity contribution is 7.11. The molecule has 3 rings (SSSR count). The van der Waals surface area contributed by atoms with E-state index in [2.05, 4.69) is 10.3 Å². The molecule has 0 aliphatic heterocycles. The number of thiazole rings is 1. The van der Waals surface area contributed by atoms with Gasteiger partial charge in [0.2, 0.25) is 5.60 Å². The Kier molecular flexibility index (Phi) is 5.69. The monoisotopic (exact) mass is 425 g/mol. The van der Waals surface area contributed by atoms with Gasteiger partial charge in [-0.1, -0.05) is 6.07 Å². The van der Waals surface area contributed by atoms with Crippen molar-refractivity contribution in [3.05, 3.63) is 75.5 Å². The van der Waals surface area contributed by atoms with E-state index in [1.807, 2.05) is 0 Å². The van der Waals surface area contributed by atoms with Crippen LogP contribution in [0, 0.1) is 11.2 Å². The van der Waals surface area contributed by atoms with Crippen LogP contribution in [-0.2, 0) is 12.2 Å². The molecule has 152 valence electrons. The highest BCUT2D eigenvalue weighted by atomic mass is 32.1. The zero-order valence-electron chi connectivity index (χ0n) is 14.7. The van der Waals surface area contributed by atoms with Crippen LogP contribution in [0.25, 0.3) is 0 Å².